The fourth-order valence-electron chi connectivity index (χ4n) is 3.29. The summed E-state index contributed by atoms with van der Waals surface area (Å²) in [5, 5.41) is 14.2. The summed E-state index contributed by atoms with van der Waals surface area (Å²) in [6, 6.07) is 7.84. The minimum Gasteiger partial charge on any atom is -0.465 e. The van der Waals surface area contributed by atoms with Gasteiger partial charge in [0.25, 0.3) is 5.56 Å². The molecule has 0 aliphatic rings. The minimum atomic E-state index is -1.41. The van der Waals surface area contributed by atoms with Gasteiger partial charge in [-0.05, 0) is 55.3 Å². The standard InChI is InChI=1S/C22H22FN5O5/c23-14-7-8-16-13(10-14)11-15(25-16)12-28-9-3-5-18(21(28)31)26-20(30)17(27-22(32)33)4-1-2-6-19(24)29/h2-3,5-11,17,25,27H,1,4,12H2,(H2,24,29)(H,26,30)(H,32,33). The molecule has 3 aromatic rings. The van der Waals surface area contributed by atoms with Crippen molar-refractivity contribution in [1.82, 2.24) is 14.9 Å². The van der Waals surface area contributed by atoms with Crippen molar-refractivity contribution in [3.63, 3.8) is 0 Å². The number of primary amides is 1. The lowest BCUT2D eigenvalue weighted by atomic mass is 10.1. The molecule has 1 aromatic carbocycles. The Morgan fingerprint density at radius 1 is 1.24 bits per heavy atom. The summed E-state index contributed by atoms with van der Waals surface area (Å²) in [7, 11) is 0. The number of pyridine rings is 1. The smallest absolute Gasteiger partial charge is 0.405 e. The number of nitrogens with one attached hydrogen (secondary N) is 3. The molecule has 11 heteroatoms. The van der Waals surface area contributed by atoms with Crippen LogP contribution in [0.4, 0.5) is 14.9 Å². The summed E-state index contributed by atoms with van der Waals surface area (Å²) in [5.41, 5.74) is 5.84. The fraction of sp³-hybridized carbons (Fsp3) is 0.182. The number of rotatable bonds is 9. The van der Waals surface area contributed by atoms with Gasteiger partial charge >= 0.3 is 6.09 Å². The van der Waals surface area contributed by atoms with Crippen molar-refractivity contribution in [3.8, 4) is 0 Å². The number of nitrogens with two attached hydrogens (primary N) is 1. The van der Waals surface area contributed by atoms with Crippen LogP contribution in [0.2, 0.25) is 0 Å². The SMILES string of the molecule is NC(=O)C=CCCC(NC(=O)O)C(=O)Nc1cccn(Cc2cc3cc(F)ccc3[nH]2)c1=O. The average Bonchev–Trinajstić information content (AvgIpc) is 3.14. The molecule has 0 saturated carbocycles. The van der Waals surface area contributed by atoms with Crippen molar-refractivity contribution in [1.29, 1.82) is 0 Å². The largest absolute Gasteiger partial charge is 0.465 e. The van der Waals surface area contributed by atoms with Gasteiger partial charge in [-0.1, -0.05) is 6.08 Å². The van der Waals surface area contributed by atoms with Crippen molar-refractivity contribution in [2.24, 2.45) is 5.73 Å². The molecule has 1 unspecified atom stereocenters. The van der Waals surface area contributed by atoms with Gasteiger partial charge in [0.05, 0.1) is 6.54 Å². The summed E-state index contributed by atoms with van der Waals surface area (Å²) in [4.78, 5) is 50.3. The first-order chi connectivity index (χ1) is 15.7. The summed E-state index contributed by atoms with van der Waals surface area (Å²) >= 11 is 0. The zero-order valence-corrected chi connectivity index (χ0v) is 17.4. The molecular weight excluding hydrogens is 433 g/mol. The van der Waals surface area contributed by atoms with Crippen molar-refractivity contribution in [2.75, 3.05) is 5.32 Å². The first-order valence-corrected chi connectivity index (χ1v) is 9.96. The Hall–Kier alpha value is -4.41. The predicted molar refractivity (Wildman–Crippen MR) is 119 cm³/mol. The maximum Gasteiger partial charge on any atom is 0.405 e. The van der Waals surface area contributed by atoms with Crippen LogP contribution >= 0.6 is 0 Å². The third kappa shape index (κ3) is 6.29. The van der Waals surface area contributed by atoms with Crippen LogP contribution in [-0.2, 0) is 16.1 Å². The highest BCUT2D eigenvalue weighted by atomic mass is 19.1. The van der Waals surface area contributed by atoms with Gasteiger partial charge in [-0.2, -0.15) is 0 Å². The number of fused-ring (bicyclic) bond motifs is 1. The van der Waals surface area contributed by atoms with E-state index in [0.717, 1.165) is 11.6 Å². The van der Waals surface area contributed by atoms with E-state index in [4.69, 9.17) is 10.8 Å². The highest BCUT2D eigenvalue weighted by Crippen LogP contribution is 2.17. The van der Waals surface area contributed by atoms with Crippen molar-refractivity contribution in [2.45, 2.75) is 25.4 Å². The monoisotopic (exact) mass is 455 g/mol. The molecule has 3 amide bonds. The second-order valence-electron chi connectivity index (χ2n) is 7.25. The number of nitrogens with zero attached hydrogens (tertiary/aromatic N) is 1. The molecule has 0 aliphatic carbocycles. The van der Waals surface area contributed by atoms with E-state index in [-0.39, 0.29) is 30.9 Å². The molecule has 2 heterocycles. The van der Waals surface area contributed by atoms with Crippen molar-refractivity contribution in [3.05, 3.63) is 76.6 Å². The van der Waals surface area contributed by atoms with Gasteiger partial charge in [-0.3, -0.25) is 14.4 Å². The maximum absolute atomic E-state index is 13.4. The number of halogens is 1. The Kier molecular flexibility index (Phi) is 7.24. The van der Waals surface area contributed by atoms with E-state index in [0.29, 0.717) is 11.1 Å². The van der Waals surface area contributed by atoms with Crippen LogP contribution in [0.5, 0.6) is 0 Å². The Bertz CT molecular complexity index is 1280. The van der Waals surface area contributed by atoms with Gasteiger partial charge in [-0.25, -0.2) is 9.18 Å². The van der Waals surface area contributed by atoms with Crippen LogP contribution < -0.4 is 21.9 Å². The number of allylic oxidation sites excluding steroid dienone is 1. The molecule has 6 N–H and O–H groups in total. The van der Waals surface area contributed by atoms with Crippen LogP contribution in [0.15, 0.2) is 59.5 Å². The quantitative estimate of drug-likeness (QED) is 0.311. The first kappa shape index (κ1) is 23.3. The number of amides is 3. The van der Waals surface area contributed by atoms with Gasteiger partial charge in [0, 0.05) is 22.8 Å². The van der Waals surface area contributed by atoms with E-state index in [1.165, 1.54) is 35.0 Å². The molecule has 10 nitrogen and oxygen atoms in total. The van der Waals surface area contributed by atoms with Crippen LogP contribution in [0.1, 0.15) is 18.5 Å². The summed E-state index contributed by atoms with van der Waals surface area (Å²) in [6.45, 7) is 0.146. The first-order valence-electron chi connectivity index (χ1n) is 9.96. The molecule has 2 aromatic heterocycles. The van der Waals surface area contributed by atoms with E-state index >= 15 is 0 Å². The molecule has 1 atom stereocenters. The topological polar surface area (TPSA) is 159 Å². The van der Waals surface area contributed by atoms with Gasteiger partial charge < -0.3 is 31.0 Å². The Balaban J connectivity index is 1.74. The Labute approximate surface area is 186 Å². The van der Waals surface area contributed by atoms with E-state index in [1.807, 2.05) is 0 Å². The highest BCUT2D eigenvalue weighted by Gasteiger charge is 2.21. The van der Waals surface area contributed by atoms with Gasteiger partial charge in [0.1, 0.15) is 17.5 Å². The van der Waals surface area contributed by atoms with Gasteiger partial charge in [0.15, 0.2) is 0 Å². The number of carboxylic acid groups (broad SMARTS) is 1. The average molecular weight is 455 g/mol. The number of benzene rings is 1. The van der Waals surface area contributed by atoms with Gasteiger partial charge in [0.2, 0.25) is 11.8 Å². The zero-order chi connectivity index (χ0) is 24.0. The molecule has 3 rings (SSSR count). The van der Waals surface area contributed by atoms with Crippen LogP contribution in [0, 0.1) is 5.82 Å². The van der Waals surface area contributed by atoms with E-state index < -0.39 is 29.5 Å². The molecule has 0 bridgehead atoms. The lowest BCUT2D eigenvalue weighted by Gasteiger charge is -2.16. The Morgan fingerprint density at radius 2 is 2.03 bits per heavy atom. The number of aromatic nitrogens is 2. The summed E-state index contributed by atoms with van der Waals surface area (Å²) < 4.78 is 14.8. The van der Waals surface area contributed by atoms with E-state index in [9.17, 15) is 23.6 Å². The van der Waals surface area contributed by atoms with Crippen molar-refractivity contribution >= 4 is 34.5 Å². The number of H-pyrrole nitrogens is 1. The zero-order valence-electron chi connectivity index (χ0n) is 17.4. The number of aromatic amines is 1. The summed E-state index contributed by atoms with van der Waals surface area (Å²) in [5.74, 6) is -1.75. The van der Waals surface area contributed by atoms with Crippen LogP contribution in [-0.4, -0.2) is 38.6 Å². The van der Waals surface area contributed by atoms with Gasteiger partial charge in [-0.15, -0.1) is 0 Å². The van der Waals surface area contributed by atoms with Crippen LogP contribution in [0.3, 0.4) is 0 Å². The molecular formula is C22H22FN5O5. The number of carbonyl (C=O) groups excluding carboxylic acids is 2. The molecule has 33 heavy (non-hydrogen) atoms. The predicted octanol–water partition coefficient (Wildman–Crippen LogP) is 1.91. The number of hydrogen-bond acceptors (Lipinski definition) is 4. The Morgan fingerprint density at radius 3 is 2.76 bits per heavy atom. The maximum atomic E-state index is 13.4. The molecule has 0 spiro atoms. The summed E-state index contributed by atoms with van der Waals surface area (Å²) in [6.07, 6.45) is 2.93. The fourth-order valence-corrected chi connectivity index (χ4v) is 3.29. The normalized spacial score (nSPS) is 12.0. The second kappa shape index (κ2) is 10.3. The van der Waals surface area contributed by atoms with E-state index in [2.05, 4.69) is 15.6 Å². The number of hydrogen-bond donors (Lipinski definition) is 5. The lowest BCUT2D eigenvalue weighted by Crippen LogP contribution is -2.44. The van der Waals surface area contributed by atoms with Crippen LogP contribution in [0.25, 0.3) is 10.9 Å². The molecule has 172 valence electrons. The third-order valence-corrected chi connectivity index (χ3v) is 4.78. The lowest BCUT2D eigenvalue weighted by molar-refractivity contribution is -0.118. The molecule has 0 fully saturated rings. The van der Waals surface area contributed by atoms with Crippen molar-refractivity contribution < 1.29 is 23.9 Å². The number of anilines is 1. The number of carbonyl (C=O) groups is 3. The second-order valence-corrected chi connectivity index (χ2v) is 7.25. The minimum absolute atomic E-state index is 0.0328. The van der Waals surface area contributed by atoms with E-state index in [1.54, 1.807) is 18.2 Å². The molecule has 0 radical (unpaired) electrons. The molecule has 0 saturated heterocycles. The molecule has 0 aliphatic heterocycles. The highest BCUT2D eigenvalue weighted by molar-refractivity contribution is 5.96. The third-order valence-electron chi connectivity index (χ3n) is 4.78.